The summed E-state index contributed by atoms with van der Waals surface area (Å²) >= 11 is 0. The van der Waals surface area contributed by atoms with Gasteiger partial charge in [0.1, 0.15) is 0 Å². The first-order valence-electron chi connectivity index (χ1n) is 6.57. The van der Waals surface area contributed by atoms with Gasteiger partial charge in [-0.25, -0.2) is 13.6 Å². The average molecular weight is 300 g/mol. The normalized spacial score (nSPS) is 13.6. The van der Waals surface area contributed by atoms with Crippen molar-refractivity contribution < 1.29 is 8.42 Å². The smallest absolute Gasteiger partial charge is 0.225 e. The molecule has 0 bridgehead atoms. The lowest BCUT2D eigenvalue weighted by Crippen LogP contribution is -2.52. The Labute approximate surface area is 118 Å². The zero-order chi connectivity index (χ0) is 15.1. The molecule has 0 aliphatic heterocycles. The van der Waals surface area contributed by atoms with Gasteiger partial charge >= 0.3 is 0 Å². The molecule has 0 atom stereocenters. The first-order chi connectivity index (χ1) is 8.41. The lowest BCUT2D eigenvalue weighted by atomic mass is 10.2. The number of hydrogen-bond acceptors (Lipinski definition) is 2. The van der Waals surface area contributed by atoms with Crippen LogP contribution in [-0.4, -0.2) is 16.5 Å². The summed E-state index contributed by atoms with van der Waals surface area (Å²) in [4.78, 5) is 0.302. The number of rotatable bonds is 3. The zero-order valence-electron chi connectivity index (χ0n) is 12.7. The fraction of sp³-hybridized carbons (Fsp3) is 0.571. The van der Waals surface area contributed by atoms with Crippen molar-refractivity contribution in [3.8, 4) is 0 Å². The van der Waals surface area contributed by atoms with Crippen molar-refractivity contribution in [1.82, 2.24) is 0 Å². The van der Waals surface area contributed by atoms with Crippen molar-refractivity contribution in [3.05, 3.63) is 23.8 Å². The molecule has 1 aromatic carbocycles. The van der Waals surface area contributed by atoms with E-state index >= 15 is 0 Å². The quantitative estimate of drug-likeness (QED) is 0.872. The summed E-state index contributed by atoms with van der Waals surface area (Å²) in [6, 6.07) is 5.57. The third-order valence-electron chi connectivity index (χ3n) is 4.31. The standard InChI is InChI=1S/C14H25NO2SSi/c1-7-11-8-9-12(18(15,16)17)13(10-11)19(5,6)14(2,3)4/h8-10H,7H2,1-6H3,(H2,15,16,17). The van der Waals surface area contributed by atoms with Gasteiger partial charge in [-0.2, -0.15) is 0 Å². The second-order valence-corrected chi connectivity index (χ2v) is 13.4. The van der Waals surface area contributed by atoms with E-state index in [9.17, 15) is 8.42 Å². The van der Waals surface area contributed by atoms with Crippen LogP contribution in [0.1, 0.15) is 33.3 Å². The van der Waals surface area contributed by atoms with Crippen molar-refractivity contribution >= 4 is 23.3 Å². The van der Waals surface area contributed by atoms with Crippen molar-refractivity contribution in [2.75, 3.05) is 0 Å². The number of nitrogens with two attached hydrogens (primary N) is 1. The molecule has 0 heterocycles. The van der Waals surface area contributed by atoms with Gasteiger partial charge in [0.2, 0.25) is 10.0 Å². The lowest BCUT2D eigenvalue weighted by Gasteiger charge is -2.38. The summed E-state index contributed by atoms with van der Waals surface area (Å²) in [5.41, 5.74) is 1.16. The first-order valence-corrected chi connectivity index (χ1v) is 11.1. The third-order valence-corrected chi connectivity index (χ3v) is 11.0. The number of primary sulfonamides is 1. The fourth-order valence-electron chi connectivity index (χ4n) is 1.94. The highest BCUT2D eigenvalue weighted by Gasteiger charge is 2.39. The Morgan fingerprint density at radius 2 is 1.74 bits per heavy atom. The summed E-state index contributed by atoms with van der Waals surface area (Å²) in [5, 5.41) is 6.40. The van der Waals surface area contributed by atoms with Gasteiger partial charge in [-0.05, 0) is 28.3 Å². The van der Waals surface area contributed by atoms with Gasteiger partial charge in [0, 0.05) is 0 Å². The highest BCUT2D eigenvalue weighted by atomic mass is 32.2. The predicted molar refractivity (Wildman–Crippen MR) is 84.0 cm³/mol. The van der Waals surface area contributed by atoms with Gasteiger partial charge in [0.05, 0.1) is 13.0 Å². The molecule has 108 valence electrons. The summed E-state index contributed by atoms with van der Waals surface area (Å²) in [6.45, 7) is 13.0. The number of benzene rings is 1. The number of sulfonamides is 1. The maximum absolute atomic E-state index is 11.8. The Morgan fingerprint density at radius 1 is 1.21 bits per heavy atom. The molecule has 0 fully saturated rings. The summed E-state index contributed by atoms with van der Waals surface area (Å²) < 4.78 is 23.7. The maximum atomic E-state index is 11.8. The Kier molecular flexibility index (Phi) is 4.35. The van der Waals surface area contributed by atoms with E-state index in [4.69, 9.17) is 5.14 Å². The minimum atomic E-state index is -3.67. The van der Waals surface area contributed by atoms with E-state index in [1.807, 2.05) is 12.1 Å². The summed E-state index contributed by atoms with van der Waals surface area (Å²) in [6.07, 6.45) is 0.895. The van der Waals surface area contributed by atoms with Crippen molar-refractivity contribution in [3.63, 3.8) is 0 Å². The van der Waals surface area contributed by atoms with Gasteiger partial charge < -0.3 is 0 Å². The molecule has 0 saturated heterocycles. The molecule has 1 rings (SSSR count). The van der Waals surface area contributed by atoms with Crippen LogP contribution in [0.15, 0.2) is 23.1 Å². The molecule has 0 aliphatic rings. The molecule has 5 heteroatoms. The van der Waals surface area contributed by atoms with Gasteiger partial charge in [0.15, 0.2) is 0 Å². The number of aryl methyl sites for hydroxylation is 1. The molecule has 0 saturated carbocycles. The fourth-order valence-corrected chi connectivity index (χ4v) is 5.81. The molecular formula is C14H25NO2SSi. The largest absolute Gasteiger partial charge is 0.237 e. The molecule has 3 nitrogen and oxygen atoms in total. The second kappa shape index (κ2) is 5.03. The Balaban J connectivity index is 3.65. The van der Waals surface area contributed by atoms with Crippen LogP contribution in [0.2, 0.25) is 18.1 Å². The molecule has 0 aliphatic carbocycles. The third kappa shape index (κ3) is 3.27. The highest BCUT2D eigenvalue weighted by molar-refractivity contribution is 7.89. The second-order valence-electron chi connectivity index (χ2n) is 6.60. The van der Waals surface area contributed by atoms with E-state index in [1.54, 1.807) is 6.07 Å². The first kappa shape index (κ1) is 16.4. The van der Waals surface area contributed by atoms with Gasteiger partial charge in [0.25, 0.3) is 0 Å². The van der Waals surface area contributed by atoms with E-state index < -0.39 is 18.1 Å². The van der Waals surface area contributed by atoms with Gasteiger partial charge in [-0.15, -0.1) is 0 Å². The predicted octanol–water partition coefficient (Wildman–Crippen LogP) is 2.61. The van der Waals surface area contributed by atoms with Crippen molar-refractivity contribution in [2.45, 2.75) is 57.1 Å². The lowest BCUT2D eigenvalue weighted by molar-refractivity contribution is 0.598. The van der Waals surface area contributed by atoms with Crippen LogP contribution in [0.3, 0.4) is 0 Å². The molecule has 2 N–H and O–H groups in total. The molecule has 0 radical (unpaired) electrons. The van der Waals surface area contributed by atoms with Crippen molar-refractivity contribution in [1.29, 1.82) is 0 Å². The topological polar surface area (TPSA) is 60.2 Å². The van der Waals surface area contributed by atoms with E-state index in [2.05, 4.69) is 40.8 Å². The number of hydrogen-bond donors (Lipinski definition) is 1. The van der Waals surface area contributed by atoms with Crippen LogP contribution in [0.4, 0.5) is 0 Å². The van der Waals surface area contributed by atoms with Gasteiger partial charge in [-0.3, -0.25) is 0 Å². The Bertz CT molecular complexity index is 572. The molecule has 1 aromatic rings. The van der Waals surface area contributed by atoms with Crippen LogP contribution >= 0.6 is 0 Å². The van der Waals surface area contributed by atoms with Gasteiger partial charge in [-0.1, -0.05) is 52.9 Å². The van der Waals surface area contributed by atoms with Crippen LogP contribution in [0.5, 0.6) is 0 Å². The Hall–Kier alpha value is -0.653. The van der Waals surface area contributed by atoms with Crippen molar-refractivity contribution in [2.24, 2.45) is 5.14 Å². The molecule has 0 unspecified atom stereocenters. The van der Waals surface area contributed by atoms with Crippen LogP contribution in [0, 0.1) is 0 Å². The zero-order valence-corrected chi connectivity index (χ0v) is 14.6. The van der Waals surface area contributed by atoms with E-state index in [0.29, 0.717) is 4.90 Å². The molecule has 0 aromatic heterocycles. The summed E-state index contributed by atoms with van der Waals surface area (Å²) in [5.74, 6) is 0. The van der Waals surface area contributed by atoms with E-state index in [0.717, 1.165) is 17.2 Å². The highest BCUT2D eigenvalue weighted by Crippen LogP contribution is 2.36. The van der Waals surface area contributed by atoms with Crippen LogP contribution < -0.4 is 10.3 Å². The minimum Gasteiger partial charge on any atom is -0.225 e. The molecule has 0 spiro atoms. The minimum absolute atomic E-state index is 0.0683. The Morgan fingerprint density at radius 3 is 2.11 bits per heavy atom. The maximum Gasteiger partial charge on any atom is 0.237 e. The average Bonchev–Trinajstić information content (AvgIpc) is 2.25. The summed E-state index contributed by atoms with van der Waals surface area (Å²) in [7, 11) is -5.61. The SMILES string of the molecule is CCc1ccc(S(N)(=O)=O)c([Si](C)(C)C(C)(C)C)c1. The molecule has 19 heavy (non-hydrogen) atoms. The van der Waals surface area contributed by atoms with E-state index in [1.165, 1.54) is 0 Å². The van der Waals surface area contributed by atoms with E-state index in [-0.39, 0.29) is 5.04 Å². The molecule has 0 amide bonds. The monoisotopic (exact) mass is 299 g/mol. The molecular weight excluding hydrogens is 274 g/mol. The van der Waals surface area contributed by atoms with Crippen LogP contribution in [-0.2, 0) is 16.4 Å². The van der Waals surface area contributed by atoms with Crippen LogP contribution in [0.25, 0.3) is 0 Å².